The number of hydrogen-bond acceptors (Lipinski definition) is 1. The molecule has 1 aromatic heterocycles. The molecule has 0 unspecified atom stereocenters. The molecular weight excluding hydrogens is 367 g/mol. The van der Waals surface area contributed by atoms with Crippen LogP contribution in [0.25, 0.3) is 0 Å². The molecule has 2 aromatic carbocycles. The Morgan fingerprint density at radius 3 is 2.64 bits per heavy atom. The number of imidazole rings is 1. The van der Waals surface area contributed by atoms with Gasteiger partial charge in [0, 0.05) is 33.9 Å². The van der Waals surface area contributed by atoms with Crippen molar-refractivity contribution in [3.8, 4) is 0 Å². The lowest BCUT2D eigenvalue weighted by atomic mass is 10.1. The lowest BCUT2D eigenvalue weighted by Crippen LogP contribution is -2.07. The van der Waals surface area contributed by atoms with E-state index in [0.29, 0.717) is 23.6 Å². The molecule has 1 heterocycles. The Morgan fingerprint density at radius 1 is 1.14 bits per heavy atom. The van der Waals surface area contributed by atoms with Gasteiger partial charge in [-0.15, -0.1) is 0 Å². The number of halogens is 3. The van der Waals surface area contributed by atoms with Crippen LogP contribution in [-0.2, 0) is 13.0 Å². The Morgan fingerprint density at radius 2 is 1.91 bits per heavy atom. The highest BCUT2D eigenvalue weighted by Gasteiger charge is 2.10. The van der Waals surface area contributed by atoms with E-state index in [1.807, 2.05) is 35.0 Å². The molecule has 0 aliphatic rings. The van der Waals surface area contributed by atoms with Crippen LogP contribution in [-0.4, -0.2) is 9.55 Å². The van der Waals surface area contributed by atoms with Crippen LogP contribution in [0, 0.1) is 5.82 Å². The van der Waals surface area contributed by atoms with Crippen LogP contribution < -0.4 is 0 Å². The Labute approximate surface area is 141 Å². The highest BCUT2D eigenvalue weighted by atomic mass is 79.9. The maximum absolute atomic E-state index is 13.9. The van der Waals surface area contributed by atoms with Gasteiger partial charge >= 0.3 is 0 Å². The molecule has 0 saturated carbocycles. The summed E-state index contributed by atoms with van der Waals surface area (Å²) in [7, 11) is 0. The average molecular weight is 380 g/mol. The fourth-order valence-corrected chi connectivity index (χ4v) is 2.78. The molecule has 0 aliphatic heterocycles. The topological polar surface area (TPSA) is 17.8 Å². The summed E-state index contributed by atoms with van der Waals surface area (Å²) in [4.78, 5) is 4.38. The van der Waals surface area contributed by atoms with Crippen LogP contribution in [0.5, 0.6) is 0 Å². The summed E-state index contributed by atoms with van der Waals surface area (Å²) in [5, 5.41) is 0.434. The van der Waals surface area contributed by atoms with Crippen molar-refractivity contribution in [3.05, 3.63) is 87.1 Å². The zero-order valence-electron chi connectivity index (χ0n) is 11.6. The van der Waals surface area contributed by atoms with E-state index < -0.39 is 0 Å². The predicted octanol–water partition coefficient (Wildman–Crippen LogP) is 5.08. The molecule has 3 aromatic rings. The van der Waals surface area contributed by atoms with E-state index in [0.717, 1.165) is 15.9 Å². The lowest BCUT2D eigenvalue weighted by Gasteiger charge is -2.10. The van der Waals surface area contributed by atoms with Crippen molar-refractivity contribution in [2.75, 3.05) is 0 Å². The third-order valence-corrected chi connectivity index (χ3v) is 4.35. The van der Waals surface area contributed by atoms with E-state index in [1.165, 1.54) is 6.07 Å². The molecule has 0 fully saturated rings. The molecule has 5 heteroatoms. The summed E-state index contributed by atoms with van der Waals surface area (Å²) in [6.45, 7) is 0.372. The van der Waals surface area contributed by atoms with E-state index in [9.17, 15) is 4.39 Å². The van der Waals surface area contributed by atoms with Gasteiger partial charge in [0.25, 0.3) is 0 Å². The molecule has 2 nitrogen and oxygen atoms in total. The van der Waals surface area contributed by atoms with Gasteiger partial charge in [-0.2, -0.15) is 0 Å². The molecule has 3 rings (SSSR count). The van der Waals surface area contributed by atoms with Gasteiger partial charge in [0.15, 0.2) is 0 Å². The number of benzene rings is 2. The third-order valence-electron chi connectivity index (χ3n) is 3.47. The molecule has 0 spiro atoms. The Kier molecular flexibility index (Phi) is 4.60. The molecule has 0 N–H and O–H groups in total. The molecule has 0 saturated heterocycles. The molecule has 0 amide bonds. The van der Waals surface area contributed by atoms with Crippen molar-refractivity contribution in [2.24, 2.45) is 0 Å². The standard InChI is InChI=1S/C17H13BrClFN2/c18-13-6-4-12(5-7-13)10-17-21-8-9-22(17)11-14-15(19)2-1-3-16(14)20/h1-9H,10-11H2. The summed E-state index contributed by atoms with van der Waals surface area (Å²) in [6, 6.07) is 12.8. The van der Waals surface area contributed by atoms with Crippen molar-refractivity contribution in [3.63, 3.8) is 0 Å². The minimum absolute atomic E-state index is 0.296. The molecule has 0 aliphatic carbocycles. The number of hydrogen-bond donors (Lipinski definition) is 0. The van der Waals surface area contributed by atoms with Crippen LogP contribution >= 0.6 is 27.5 Å². The second-order valence-corrected chi connectivity index (χ2v) is 6.30. The van der Waals surface area contributed by atoms with Crippen LogP contribution in [0.4, 0.5) is 4.39 Å². The van der Waals surface area contributed by atoms with E-state index in [2.05, 4.69) is 20.9 Å². The maximum atomic E-state index is 13.9. The van der Waals surface area contributed by atoms with E-state index >= 15 is 0 Å². The van der Waals surface area contributed by atoms with Gasteiger partial charge in [0.2, 0.25) is 0 Å². The summed E-state index contributed by atoms with van der Waals surface area (Å²) in [5.74, 6) is 0.581. The molecule has 112 valence electrons. The maximum Gasteiger partial charge on any atom is 0.129 e. The fraction of sp³-hybridized carbons (Fsp3) is 0.118. The quantitative estimate of drug-likeness (QED) is 0.618. The normalized spacial score (nSPS) is 10.9. The van der Waals surface area contributed by atoms with Gasteiger partial charge in [0.1, 0.15) is 11.6 Å². The van der Waals surface area contributed by atoms with Gasteiger partial charge in [-0.1, -0.05) is 45.7 Å². The van der Waals surface area contributed by atoms with Gasteiger partial charge in [-0.05, 0) is 29.8 Å². The minimum Gasteiger partial charge on any atom is -0.330 e. The smallest absolute Gasteiger partial charge is 0.129 e. The Balaban J connectivity index is 1.85. The largest absolute Gasteiger partial charge is 0.330 e. The first-order valence-corrected chi connectivity index (χ1v) is 7.98. The van der Waals surface area contributed by atoms with E-state index in [1.54, 1.807) is 18.3 Å². The predicted molar refractivity (Wildman–Crippen MR) is 89.7 cm³/mol. The third kappa shape index (κ3) is 3.39. The van der Waals surface area contributed by atoms with Gasteiger partial charge in [-0.3, -0.25) is 0 Å². The second kappa shape index (κ2) is 6.63. The minimum atomic E-state index is -0.296. The highest BCUT2D eigenvalue weighted by Crippen LogP contribution is 2.21. The summed E-state index contributed by atoms with van der Waals surface area (Å²) in [5.41, 5.74) is 1.63. The van der Waals surface area contributed by atoms with Crippen molar-refractivity contribution < 1.29 is 4.39 Å². The second-order valence-electron chi connectivity index (χ2n) is 4.97. The monoisotopic (exact) mass is 378 g/mol. The summed E-state index contributed by atoms with van der Waals surface area (Å²) in [6.07, 6.45) is 4.26. The van der Waals surface area contributed by atoms with Crippen LogP contribution in [0.3, 0.4) is 0 Å². The average Bonchev–Trinajstić information content (AvgIpc) is 2.93. The van der Waals surface area contributed by atoms with Gasteiger partial charge in [0.05, 0.1) is 6.54 Å². The first-order valence-electron chi connectivity index (χ1n) is 6.81. The van der Waals surface area contributed by atoms with Crippen LogP contribution in [0.1, 0.15) is 17.0 Å². The van der Waals surface area contributed by atoms with E-state index in [-0.39, 0.29) is 5.82 Å². The SMILES string of the molecule is Fc1cccc(Cl)c1Cn1ccnc1Cc1ccc(Br)cc1. The molecular formula is C17H13BrClFN2. The Bertz CT molecular complexity index is 763. The zero-order chi connectivity index (χ0) is 15.5. The first-order chi connectivity index (χ1) is 10.6. The van der Waals surface area contributed by atoms with Crippen LogP contribution in [0.2, 0.25) is 5.02 Å². The number of nitrogens with zero attached hydrogens (tertiary/aromatic N) is 2. The Hall–Kier alpha value is -1.65. The van der Waals surface area contributed by atoms with Gasteiger partial charge in [-0.25, -0.2) is 9.37 Å². The van der Waals surface area contributed by atoms with Crippen molar-refractivity contribution >= 4 is 27.5 Å². The van der Waals surface area contributed by atoms with Crippen molar-refractivity contribution in [1.29, 1.82) is 0 Å². The molecule has 0 bridgehead atoms. The lowest BCUT2D eigenvalue weighted by molar-refractivity contribution is 0.595. The molecule has 22 heavy (non-hydrogen) atoms. The number of aromatic nitrogens is 2. The summed E-state index contributed by atoms with van der Waals surface area (Å²) >= 11 is 9.52. The van der Waals surface area contributed by atoms with Crippen LogP contribution in [0.15, 0.2) is 59.3 Å². The number of rotatable bonds is 4. The molecule has 0 radical (unpaired) electrons. The first kappa shape index (κ1) is 15.3. The fourth-order valence-electron chi connectivity index (χ4n) is 2.29. The molecule has 0 atom stereocenters. The van der Waals surface area contributed by atoms with E-state index in [4.69, 9.17) is 11.6 Å². The summed E-state index contributed by atoms with van der Waals surface area (Å²) < 4.78 is 16.9. The zero-order valence-corrected chi connectivity index (χ0v) is 14.0. The highest BCUT2D eigenvalue weighted by molar-refractivity contribution is 9.10. The van der Waals surface area contributed by atoms with Crippen molar-refractivity contribution in [2.45, 2.75) is 13.0 Å². The van der Waals surface area contributed by atoms with Gasteiger partial charge < -0.3 is 4.57 Å². The van der Waals surface area contributed by atoms with Crippen molar-refractivity contribution in [1.82, 2.24) is 9.55 Å².